The van der Waals surface area contributed by atoms with Crippen LogP contribution < -0.4 is 13.8 Å². The van der Waals surface area contributed by atoms with Crippen molar-refractivity contribution in [3.8, 4) is 5.75 Å². The molecular weight excluding hydrogens is 400 g/mol. The predicted molar refractivity (Wildman–Crippen MR) is 101 cm³/mol. The fraction of sp³-hybridized carbons (Fsp3) is 0.250. The zero-order valence-electron chi connectivity index (χ0n) is 13.8. The van der Waals surface area contributed by atoms with Crippen LogP contribution in [0.25, 0.3) is 0 Å². The van der Waals surface area contributed by atoms with E-state index in [0.29, 0.717) is 18.7 Å². The second-order valence-corrected chi connectivity index (χ2v) is 9.73. The van der Waals surface area contributed by atoms with Gasteiger partial charge in [0.25, 0.3) is 10.0 Å². The van der Waals surface area contributed by atoms with Crippen molar-refractivity contribution in [2.45, 2.75) is 11.3 Å². The topological polar surface area (TPSA) is 92.8 Å². The molecule has 26 heavy (non-hydrogen) atoms. The first kappa shape index (κ1) is 18.8. The molecule has 0 radical (unpaired) electrons. The Hall–Kier alpha value is -1.97. The molecule has 10 heteroatoms. The molecule has 0 saturated carbocycles. The molecule has 7 nitrogen and oxygen atoms in total. The van der Waals surface area contributed by atoms with Crippen molar-refractivity contribution in [3.05, 3.63) is 47.5 Å². The molecule has 1 aliphatic rings. The van der Waals surface area contributed by atoms with Gasteiger partial charge in [-0.3, -0.25) is 9.03 Å². The number of anilines is 2. The number of benzene rings is 2. The van der Waals surface area contributed by atoms with Gasteiger partial charge in [-0.2, -0.15) is 0 Å². The molecule has 0 amide bonds. The van der Waals surface area contributed by atoms with Crippen LogP contribution >= 0.6 is 11.6 Å². The van der Waals surface area contributed by atoms with Crippen LogP contribution in [0.4, 0.5) is 11.4 Å². The number of halogens is 1. The minimum atomic E-state index is -3.98. The Morgan fingerprint density at radius 1 is 1.19 bits per heavy atom. The van der Waals surface area contributed by atoms with Gasteiger partial charge in [-0.15, -0.1) is 0 Å². The highest BCUT2D eigenvalue weighted by atomic mass is 35.5. The lowest BCUT2D eigenvalue weighted by Crippen LogP contribution is -2.25. The standard InChI is InChI=1S/C16H17ClN2O5S2/c1-24-15-8-7-12(19-9-4-10-25(19,20)21)11-14(15)18-26(22,23)16-6-3-2-5-13(16)17/h2-3,5-8,11,18H,4,9-10H2,1H3. The van der Waals surface area contributed by atoms with Crippen LogP contribution in [0.1, 0.15) is 6.42 Å². The van der Waals surface area contributed by atoms with Gasteiger partial charge in [-0.1, -0.05) is 23.7 Å². The lowest BCUT2D eigenvalue weighted by Gasteiger charge is -2.19. The molecule has 0 atom stereocenters. The summed E-state index contributed by atoms with van der Waals surface area (Å²) in [4.78, 5) is -0.0806. The Morgan fingerprint density at radius 3 is 2.54 bits per heavy atom. The second kappa shape index (κ2) is 6.98. The van der Waals surface area contributed by atoms with E-state index < -0.39 is 20.0 Å². The molecule has 1 fully saturated rings. The first-order valence-electron chi connectivity index (χ1n) is 7.70. The van der Waals surface area contributed by atoms with Crippen LogP contribution in [0.2, 0.25) is 5.02 Å². The summed E-state index contributed by atoms with van der Waals surface area (Å²) in [5.74, 6) is 0.334. The highest BCUT2D eigenvalue weighted by Crippen LogP contribution is 2.34. The highest BCUT2D eigenvalue weighted by Gasteiger charge is 2.29. The number of ether oxygens (including phenoxy) is 1. The summed E-state index contributed by atoms with van der Waals surface area (Å²) >= 11 is 5.98. The summed E-state index contributed by atoms with van der Waals surface area (Å²) in [6, 6.07) is 10.6. The molecule has 0 unspecified atom stereocenters. The number of rotatable bonds is 5. The lowest BCUT2D eigenvalue weighted by atomic mass is 10.2. The molecule has 1 heterocycles. The van der Waals surface area contributed by atoms with E-state index >= 15 is 0 Å². The molecule has 0 spiro atoms. The molecule has 3 rings (SSSR count). The Morgan fingerprint density at radius 2 is 1.92 bits per heavy atom. The SMILES string of the molecule is COc1ccc(N2CCCS2(=O)=O)cc1NS(=O)(=O)c1ccccc1Cl. The molecule has 2 aromatic carbocycles. The van der Waals surface area contributed by atoms with Crippen LogP contribution in [0, 0.1) is 0 Å². The third-order valence-electron chi connectivity index (χ3n) is 3.94. The second-order valence-electron chi connectivity index (χ2n) is 5.66. The third kappa shape index (κ3) is 3.60. The molecule has 2 aromatic rings. The monoisotopic (exact) mass is 416 g/mol. The van der Waals surface area contributed by atoms with Crippen LogP contribution in [-0.4, -0.2) is 36.2 Å². The smallest absolute Gasteiger partial charge is 0.263 e. The van der Waals surface area contributed by atoms with Gasteiger partial charge in [0.05, 0.1) is 29.3 Å². The minimum Gasteiger partial charge on any atom is -0.495 e. The van der Waals surface area contributed by atoms with Crippen molar-refractivity contribution >= 4 is 43.0 Å². The molecule has 0 aliphatic carbocycles. The van der Waals surface area contributed by atoms with Crippen molar-refractivity contribution in [1.82, 2.24) is 0 Å². The highest BCUT2D eigenvalue weighted by molar-refractivity contribution is 7.93. The van der Waals surface area contributed by atoms with Gasteiger partial charge in [0.1, 0.15) is 10.6 Å². The van der Waals surface area contributed by atoms with Crippen LogP contribution in [0.3, 0.4) is 0 Å². The van der Waals surface area contributed by atoms with Gasteiger partial charge >= 0.3 is 0 Å². The van der Waals surface area contributed by atoms with E-state index in [0.717, 1.165) is 0 Å². The first-order chi connectivity index (χ1) is 12.2. The predicted octanol–water partition coefficient (Wildman–Crippen LogP) is 2.69. The van der Waals surface area contributed by atoms with E-state index in [1.54, 1.807) is 18.2 Å². The van der Waals surface area contributed by atoms with E-state index in [-0.39, 0.29) is 27.1 Å². The molecule has 0 aromatic heterocycles. The summed E-state index contributed by atoms with van der Waals surface area (Å²) in [5.41, 5.74) is 0.507. The third-order valence-corrected chi connectivity index (χ3v) is 7.68. The number of hydrogen-bond donors (Lipinski definition) is 1. The first-order valence-corrected chi connectivity index (χ1v) is 11.2. The van der Waals surface area contributed by atoms with E-state index in [2.05, 4.69) is 4.72 Å². The maximum absolute atomic E-state index is 12.7. The van der Waals surface area contributed by atoms with Crippen molar-refractivity contribution in [2.24, 2.45) is 0 Å². The molecular formula is C16H17ClN2O5S2. The fourth-order valence-corrected chi connectivity index (χ4v) is 5.86. The Kier molecular flexibility index (Phi) is 5.05. The maximum Gasteiger partial charge on any atom is 0.263 e. The largest absolute Gasteiger partial charge is 0.495 e. The van der Waals surface area contributed by atoms with Crippen molar-refractivity contribution in [3.63, 3.8) is 0 Å². The molecule has 1 aliphatic heterocycles. The number of hydrogen-bond acceptors (Lipinski definition) is 5. The van der Waals surface area contributed by atoms with Crippen molar-refractivity contribution in [1.29, 1.82) is 0 Å². The van der Waals surface area contributed by atoms with E-state index in [4.69, 9.17) is 16.3 Å². The number of methoxy groups -OCH3 is 1. The normalized spacial score (nSPS) is 16.5. The average molecular weight is 417 g/mol. The maximum atomic E-state index is 12.7. The Bertz CT molecular complexity index is 1040. The lowest BCUT2D eigenvalue weighted by molar-refractivity contribution is 0.417. The van der Waals surface area contributed by atoms with Crippen molar-refractivity contribution in [2.75, 3.05) is 28.4 Å². The summed E-state index contributed by atoms with van der Waals surface area (Å²) in [6.07, 6.45) is 0.523. The quantitative estimate of drug-likeness (QED) is 0.808. The van der Waals surface area contributed by atoms with E-state index in [1.807, 2.05) is 0 Å². The summed E-state index contributed by atoms with van der Waals surface area (Å²) in [6.45, 7) is 0.353. The number of sulfonamides is 2. The molecule has 1 saturated heterocycles. The van der Waals surface area contributed by atoms with Gasteiger partial charge in [0.15, 0.2) is 0 Å². The average Bonchev–Trinajstić information content (AvgIpc) is 2.94. The van der Waals surface area contributed by atoms with Crippen molar-refractivity contribution < 1.29 is 21.6 Å². The summed E-state index contributed by atoms with van der Waals surface area (Å²) in [7, 11) is -5.96. The summed E-state index contributed by atoms with van der Waals surface area (Å²) < 4.78 is 58.5. The molecule has 1 N–H and O–H groups in total. The Labute approximate surface area is 157 Å². The minimum absolute atomic E-state index is 0.0692. The van der Waals surface area contributed by atoms with Gasteiger partial charge in [-0.25, -0.2) is 16.8 Å². The number of nitrogens with zero attached hydrogens (tertiary/aromatic N) is 1. The van der Waals surface area contributed by atoms with Crippen LogP contribution in [0.15, 0.2) is 47.4 Å². The van der Waals surface area contributed by atoms with E-state index in [9.17, 15) is 16.8 Å². The zero-order valence-corrected chi connectivity index (χ0v) is 16.2. The van der Waals surface area contributed by atoms with Gasteiger partial charge in [0, 0.05) is 6.54 Å². The van der Waals surface area contributed by atoms with Gasteiger partial charge in [0.2, 0.25) is 10.0 Å². The zero-order chi connectivity index (χ0) is 18.9. The molecule has 140 valence electrons. The van der Waals surface area contributed by atoms with Crippen LogP contribution in [0.5, 0.6) is 5.75 Å². The van der Waals surface area contributed by atoms with Gasteiger partial charge in [-0.05, 0) is 36.8 Å². The van der Waals surface area contributed by atoms with Gasteiger partial charge < -0.3 is 4.74 Å². The molecule has 0 bridgehead atoms. The Balaban J connectivity index is 2.02. The van der Waals surface area contributed by atoms with E-state index in [1.165, 1.54) is 35.7 Å². The number of nitrogens with one attached hydrogen (secondary N) is 1. The summed E-state index contributed by atoms with van der Waals surface area (Å²) in [5, 5.41) is 0.0808. The fourth-order valence-electron chi connectivity index (χ4n) is 2.72. The van der Waals surface area contributed by atoms with Crippen LogP contribution in [-0.2, 0) is 20.0 Å².